The number of allylic oxidation sites excluding steroid dienone is 4. The van der Waals surface area contributed by atoms with E-state index < -0.39 is 5.60 Å². The third-order valence-corrected chi connectivity index (χ3v) is 7.69. The largest absolute Gasteiger partial charge is 0.459 e. The predicted molar refractivity (Wildman–Crippen MR) is 108 cm³/mol. The van der Waals surface area contributed by atoms with E-state index >= 15 is 0 Å². The molecule has 3 nitrogen and oxygen atoms in total. The van der Waals surface area contributed by atoms with Crippen LogP contribution in [0.3, 0.4) is 0 Å². The van der Waals surface area contributed by atoms with Crippen molar-refractivity contribution in [3.63, 3.8) is 0 Å². The van der Waals surface area contributed by atoms with E-state index in [0.29, 0.717) is 11.8 Å². The third-order valence-electron chi connectivity index (χ3n) is 7.69. The standard InChI is InChI=1S/C24H34O3/c1-7-16-11-19(20(12-16)15(5)25)14(4)10-18-13-17(8-2)21-22(18)24(6,9-3)27-23(21)26/h7-8,10,16-22H,1-2,9,11-13H2,3-6H3. The number of rotatable bonds is 6. The van der Waals surface area contributed by atoms with Crippen molar-refractivity contribution in [2.75, 3.05) is 0 Å². The van der Waals surface area contributed by atoms with Crippen LogP contribution in [0.5, 0.6) is 0 Å². The van der Waals surface area contributed by atoms with Gasteiger partial charge in [-0.3, -0.25) is 9.59 Å². The van der Waals surface area contributed by atoms with Gasteiger partial charge in [0.25, 0.3) is 0 Å². The number of hydrogen-bond acceptors (Lipinski definition) is 3. The van der Waals surface area contributed by atoms with Crippen LogP contribution < -0.4 is 0 Å². The summed E-state index contributed by atoms with van der Waals surface area (Å²) in [7, 11) is 0. The molecule has 0 radical (unpaired) electrons. The van der Waals surface area contributed by atoms with Crippen LogP contribution in [0.1, 0.15) is 53.4 Å². The fraction of sp³-hybridized carbons (Fsp3) is 0.667. The maximum Gasteiger partial charge on any atom is 0.310 e. The lowest BCUT2D eigenvalue weighted by atomic mass is 9.75. The van der Waals surface area contributed by atoms with Crippen molar-refractivity contribution in [2.45, 2.75) is 59.0 Å². The van der Waals surface area contributed by atoms with E-state index in [1.165, 1.54) is 5.57 Å². The second-order valence-corrected chi connectivity index (χ2v) is 9.14. The number of ketones is 1. The maximum absolute atomic E-state index is 12.6. The summed E-state index contributed by atoms with van der Waals surface area (Å²) >= 11 is 0. The number of esters is 1. The van der Waals surface area contributed by atoms with Crippen molar-refractivity contribution in [1.82, 2.24) is 0 Å². The molecule has 3 fully saturated rings. The maximum atomic E-state index is 12.6. The van der Waals surface area contributed by atoms with Crippen LogP contribution in [0.25, 0.3) is 0 Å². The predicted octanol–water partition coefficient (Wildman–Crippen LogP) is 5.13. The van der Waals surface area contributed by atoms with Crippen LogP contribution in [0, 0.1) is 41.4 Å². The normalized spacial score (nSPS) is 44.1. The number of ether oxygens (including phenoxy) is 1. The van der Waals surface area contributed by atoms with Crippen LogP contribution in [-0.4, -0.2) is 17.4 Å². The summed E-state index contributed by atoms with van der Waals surface area (Å²) in [6.07, 6.45) is 9.99. The average Bonchev–Trinajstić information content (AvgIpc) is 3.29. The highest BCUT2D eigenvalue weighted by Gasteiger charge is 2.60. The molecule has 27 heavy (non-hydrogen) atoms. The van der Waals surface area contributed by atoms with Gasteiger partial charge in [-0.15, -0.1) is 13.2 Å². The summed E-state index contributed by atoms with van der Waals surface area (Å²) in [5.41, 5.74) is 0.895. The van der Waals surface area contributed by atoms with Crippen molar-refractivity contribution in [1.29, 1.82) is 0 Å². The number of Topliss-reactive ketones (excluding diaryl/α,β-unsaturated/α-hetero) is 1. The zero-order valence-electron chi connectivity index (χ0n) is 17.2. The second-order valence-electron chi connectivity index (χ2n) is 9.14. The van der Waals surface area contributed by atoms with E-state index in [1.807, 2.05) is 12.2 Å². The molecule has 148 valence electrons. The molecule has 8 unspecified atom stereocenters. The van der Waals surface area contributed by atoms with Gasteiger partial charge in [0.1, 0.15) is 11.4 Å². The topological polar surface area (TPSA) is 43.4 Å². The molecule has 2 aliphatic carbocycles. The first-order valence-electron chi connectivity index (χ1n) is 10.4. The molecular weight excluding hydrogens is 336 g/mol. The van der Waals surface area contributed by atoms with Crippen LogP contribution in [-0.2, 0) is 14.3 Å². The van der Waals surface area contributed by atoms with E-state index in [0.717, 1.165) is 25.7 Å². The van der Waals surface area contributed by atoms with Gasteiger partial charge in [0.05, 0.1) is 5.92 Å². The Balaban J connectivity index is 1.90. The molecule has 0 aromatic rings. The molecule has 1 aliphatic heterocycles. The molecular formula is C24H34O3. The molecule has 3 rings (SSSR count). The van der Waals surface area contributed by atoms with Gasteiger partial charge in [-0.1, -0.05) is 30.7 Å². The summed E-state index contributed by atoms with van der Waals surface area (Å²) in [5, 5.41) is 0. The number of hydrogen-bond donors (Lipinski definition) is 0. The molecule has 0 amide bonds. The Kier molecular flexibility index (Phi) is 5.52. The first-order valence-corrected chi connectivity index (χ1v) is 10.4. The van der Waals surface area contributed by atoms with Gasteiger partial charge in [0, 0.05) is 11.8 Å². The van der Waals surface area contributed by atoms with E-state index in [9.17, 15) is 9.59 Å². The smallest absolute Gasteiger partial charge is 0.310 e. The highest BCUT2D eigenvalue weighted by molar-refractivity contribution is 5.79. The Labute approximate surface area is 163 Å². The first kappa shape index (κ1) is 20.1. The zero-order valence-corrected chi connectivity index (χ0v) is 17.2. The van der Waals surface area contributed by atoms with Crippen LogP contribution in [0.2, 0.25) is 0 Å². The summed E-state index contributed by atoms with van der Waals surface area (Å²) in [5.74, 6) is 1.62. The molecule has 3 heteroatoms. The van der Waals surface area contributed by atoms with Gasteiger partial charge in [0.2, 0.25) is 0 Å². The fourth-order valence-electron chi connectivity index (χ4n) is 6.07. The minimum atomic E-state index is -0.403. The molecule has 3 aliphatic rings. The van der Waals surface area contributed by atoms with Crippen LogP contribution in [0.4, 0.5) is 0 Å². The van der Waals surface area contributed by atoms with Gasteiger partial charge in [-0.2, -0.15) is 0 Å². The lowest BCUT2D eigenvalue weighted by molar-refractivity contribution is -0.151. The Bertz CT molecular complexity index is 675. The second kappa shape index (κ2) is 7.41. The van der Waals surface area contributed by atoms with E-state index in [2.05, 4.69) is 40.0 Å². The highest BCUT2D eigenvalue weighted by Crippen LogP contribution is 2.56. The van der Waals surface area contributed by atoms with Crippen molar-refractivity contribution >= 4 is 11.8 Å². The van der Waals surface area contributed by atoms with Gasteiger partial charge >= 0.3 is 5.97 Å². The fourth-order valence-corrected chi connectivity index (χ4v) is 6.07. The minimum Gasteiger partial charge on any atom is -0.459 e. The molecule has 0 N–H and O–H groups in total. The van der Waals surface area contributed by atoms with E-state index in [-0.39, 0.29) is 41.3 Å². The summed E-state index contributed by atoms with van der Waals surface area (Å²) < 4.78 is 5.84. The number of carbonyl (C=O) groups excluding carboxylic acids is 2. The SMILES string of the molecule is C=CC1CC(C(C)=O)C(C(C)=CC2CC(C=C)C3C(=O)OC(C)(CC)C23)C1. The number of cyclic esters (lactones) is 1. The van der Waals surface area contributed by atoms with E-state index in [1.54, 1.807) is 6.92 Å². The first-order chi connectivity index (χ1) is 12.8. The number of carbonyl (C=O) groups is 2. The van der Waals surface area contributed by atoms with Crippen molar-refractivity contribution in [2.24, 2.45) is 41.4 Å². The van der Waals surface area contributed by atoms with E-state index in [4.69, 9.17) is 4.74 Å². The lowest BCUT2D eigenvalue weighted by Crippen LogP contribution is -2.35. The molecule has 0 spiro atoms. The van der Waals surface area contributed by atoms with Crippen molar-refractivity contribution < 1.29 is 14.3 Å². The van der Waals surface area contributed by atoms with Gasteiger partial charge in [0.15, 0.2) is 0 Å². The third kappa shape index (κ3) is 3.34. The Morgan fingerprint density at radius 3 is 2.37 bits per heavy atom. The summed E-state index contributed by atoms with van der Waals surface area (Å²) in [4.78, 5) is 24.8. The minimum absolute atomic E-state index is 0.0583. The van der Waals surface area contributed by atoms with Crippen LogP contribution in [0.15, 0.2) is 37.0 Å². The quantitative estimate of drug-likeness (QED) is 0.481. The van der Waals surface area contributed by atoms with Crippen LogP contribution >= 0.6 is 0 Å². The Morgan fingerprint density at radius 1 is 1.15 bits per heavy atom. The molecule has 1 saturated heterocycles. The summed E-state index contributed by atoms with van der Waals surface area (Å²) in [6, 6.07) is 0. The van der Waals surface area contributed by atoms with Crippen molar-refractivity contribution in [3.8, 4) is 0 Å². The summed E-state index contributed by atoms with van der Waals surface area (Å²) in [6.45, 7) is 16.0. The molecule has 2 saturated carbocycles. The molecule has 1 heterocycles. The number of fused-ring (bicyclic) bond motifs is 1. The highest BCUT2D eigenvalue weighted by atomic mass is 16.6. The zero-order chi connectivity index (χ0) is 19.9. The van der Waals surface area contributed by atoms with Gasteiger partial charge in [-0.05, 0) is 70.1 Å². The van der Waals surface area contributed by atoms with Crippen molar-refractivity contribution in [3.05, 3.63) is 37.0 Å². The molecule has 0 aromatic carbocycles. The monoisotopic (exact) mass is 370 g/mol. The molecule has 0 bridgehead atoms. The van der Waals surface area contributed by atoms with Gasteiger partial charge < -0.3 is 4.74 Å². The van der Waals surface area contributed by atoms with Gasteiger partial charge in [-0.25, -0.2) is 0 Å². The molecule has 0 aromatic heterocycles. The Hall–Kier alpha value is -1.64. The average molecular weight is 371 g/mol. The lowest BCUT2D eigenvalue weighted by Gasteiger charge is -2.31. The Morgan fingerprint density at radius 2 is 1.81 bits per heavy atom. The molecule has 8 atom stereocenters.